The van der Waals surface area contributed by atoms with Crippen LogP contribution in [0.1, 0.15) is 19.3 Å². The third-order valence-electron chi connectivity index (χ3n) is 2.49. The van der Waals surface area contributed by atoms with Gasteiger partial charge < -0.3 is 9.64 Å². The average molecular weight is 256 g/mol. The second-order valence-electron chi connectivity index (χ2n) is 3.76. The van der Waals surface area contributed by atoms with E-state index < -0.39 is 13.0 Å². The zero-order chi connectivity index (χ0) is 12.0. The van der Waals surface area contributed by atoms with Gasteiger partial charge in [0.05, 0.1) is 19.1 Å². The number of alkyl halides is 3. The van der Waals surface area contributed by atoms with Crippen molar-refractivity contribution in [2.75, 3.05) is 25.6 Å². The molecule has 0 aromatic heterocycles. The van der Waals surface area contributed by atoms with Gasteiger partial charge in [0.1, 0.15) is 0 Å². The number of carbonyl (C=O) groups excluding carboxylic acids is 1. The Morgan fingerprint density at radius 3 is 2.81 bits per heavy atom. The maximum absolute atomic E-state index is 12.2. The van der Waals surface area contributed by atoms with Crippen LogP contribution in [0, 0.1) is 0 Å². The number of ether oxygens (including phenoxy) is 1. The zero-order valence-electron chi connectivity index (χ0n) is 9.00. The van der Waals surface area contributed by atoms with E-state index in [0.717, 1.165) is 17.7 Å². The highest BCUT2D eigenvalue weighted by atomic mass is 35.5. The lowest BCUT2D eigenvalue weighted by Crippen LogP contribution is -2.38. The topological polar surface area (TPSA) is 29.5 Å². The number of carbonyl (C=O) groups is 1. The fourth-order valence-corrected chi connectivity index (χ4v) is 1.92. The van der Waals surface area contributed by atoms with E-state index in [1.54, 1.807) is 0 Å². The van der Waals surface area contributed by atoms with E-state index in [1.807, 2.05) is 0 Å². The number of nitrogens with zero attached hydrogens (tertiary/aromatic N) is 1. The number of amides is 1. The molecular formula is C10H16ClF2NO2. The van der Waals surface area contributed by atoms with Crippen molar-refractivity contribution in [2.24, 2.45) is 0 Å². The van der Waals surface area contributed by atoms with Crippen LogP contribution in [-0.2, 0) is 9.53 Å². The van der Waals surface area contributed by atoms with Crippen LogP contribution in [0.5, 0.6) is 0 Å². The summed E-state index contributed by atoms with van der Waals surface area (Å²) in [5.74, 6) is -0.128. The van der Waals surface area contributed by atoms with E-state index in [-0.39, 0.29) is 30.9 Å². The maximum Gasteiger partial charge on any atom is 0.255 e. The highest BCUT2D eigenvalue weighted by Crippen LogP contribution is 2.16. The summed E-state index contributed by atoms with van der Waals surface area (Å²) in [7, 11) is 0. The Hall–Kier alpha value is -0.420. The van der Waals surface area contributed by atoms with Crippen molar-refractivity contribution in [1.29, 1.82) is 0 Å². The molecule has 1 unspecified atom stereocenters. The molecule has 1 saturated heterocycles. The standard InChI is InChI=1S/C10H16ClF2NO2/c11-3-4-14(7-9(12)13)10(15)6-8-2-1-5-16-8/h8-9H,1-7H2. The van der Waals surface area contributed by atoms with Gasteiger partial charge in [0.15, 0.2) is 0 Å². The highest BCUT2D eigenvalue weighted by Gasteiger charge is 2.24. The zero-order valence-corrected chi connectivity index (χ0v) is 9.76. The first-order chi connectivity index (χ1) is 7.63. The van der Waals surface area contributed by atoms with Crippen LogP contribution < -0.4 is 0 Å². The van der Waals surface area contributed by atoms with Crippen LogP contribution in [0.4, 0.5) is 8.78 Å². The van der Waals surface area contributed by atoms with Gasteiger partial charge in [-0.05, 0) is 12.8 Å². The van der Waals surface area contributed by atoms with Crippen LogP contribution in [0.2, 0.25) is 0 Å². The van der Waals surface area contributed by atoms with Gasteiger partial charge in [-0.15, -0.1) is 11.6 Å². The SMILES string of the molecule is O=C(CC1CCCO1)N(CCCl)CC(F)F. The van der Waals surface area contributed by atoms with E-state index >= 15 is 0 Å². The quantitative estimate of drug-likeness (QED) is 0.679. The lowest BCUT2D eigenvalue weighted by Gasteiger charge is -2.22. The van der Waals surface area contributed by atoms with Crippen molar-refractivity contribution in [1.82, 2.24) is 4.90 Å². The van der Waals surface area contributed by atoms with Crippen molar-refractivity contribution in [3.05, 3.63) is 0 Å². The van der Waals surface area contributed by atoms with Gasteiger partial charge >= 0.3 is 0 Å². The maximum atomic E-state index is 12.2. The summed E-state index contributed by atoms with van der Waals surface area (Å²) in [5, 5.41) is 0. The molecule has 94 valence electrons. The van der Waals surface area contributed by atoms with Crippen LogP contribution in [-0.4, -0.2) is 48.9 Å². The van der Waals surface area contributed by atoms with E-state index in [9.17, 15) is 13.6 Å². The summed E-state index contributed by atoms with van der Waals surface area (Å²) in [6, 6.07) is 0. The normalized spacial score (nSPS) is 20.4. The molecule has 1 aliphatic rings. The van der Waals surface area contributed by atoms with E-state index in [0.29, 0.717) is 6.61 Å². The predicted molar refractivity (Wildman–Crippen MR) is 56.9 cm³/mol. The van der Waals surface area contributed by atoms with E-state index in [4.69, 9.17) is 16.3 Å². The summed E-state index contributed by atoms with van der Waals surface area (Å²) < 4.78 is 29.7. The van der Waals surface area contributed by atoms with Crippen LogP contribution in [0.25, 0.3) is 0 Å². The third kappa shape index (κ3) is 4.61. The molecule has 16 heavy (non-hydrogen) atoms. The molecule has 1 aliphatic heterocycles. The Morgan fingerprint density at radius 2 is 2.31 bits per heavy atom. The smallest absolute Gasteiger partial charge is 0.255 e. The first-order valence-electron chi connectivity index (χ1n) is 5.37. The van der Waals surface area contributed by atoms with Gasteiger partial charge in [-0.25, -0.2) is 8.78 Å². The molecule has 6 heteroatoms. The Balaban J connectivity index is 2.39. The summed E-state index contributed by atoms with van der Waals surface area (Å²) in [6.07, 6.45) is -0.680. The first kappa shape index (κ1) is 13.6. The van der Waals surface area contributed by atoms with Gasteiger partial charge in [-0.2, -0.15) is 0 Å². The molecule has 1 amide bonds. The summed E-state index contributed by atoms with van der Waals surface area (Å²) in [6.45, 7) is 0.276. The largest absolute Gasteiger partial charge is 0.378 e. The first-order valence-corrected chi connectivity index (χ1v) is 5.90. The fraction of sp³-hybridized carbons (Fsp3) is 0.900. The van der Waals surface area contributed by atoms with E-state index in [1.165, 1.54) is 0 Å². The molecule has 0 aliphatic carbocycles. The molecular weight excluding hydrogens is 240 g/mol. The van der Waals surface area contributed by atoms with Gasteiger partial charge in [-0.1, -0.05) is 0 Å². The minimum Gasteiger partial charge on any atom is -0.378 e. The molecule has 1 rings (SSSR count). The molecule has 1 fully saturated rings. The predicted octanol–water partition coefficient (Wildman–Crippen LogP) is 1.89. The van der Waals surface area contributed by atoms with Crippen molar-refractivity contribution in [3.63, 3.8) is 0 Å². The Bertz CT molecular complexity index is 223. The van der Waals surface area contributed by atoms with Crippen molar-refractivity contribution in [2.45, 2.75) is 31.8 Å². The van der Waals surface area contributed by atoms with Gasteiger partial charge in [0.25, 0.3) is 6.43 Å². The second kappa shape index (κ2) is 7.01. The molecule has 0 spiro atoms. The number of rotatable bonds is 6. The fourth-order valence-electron chi connectivity index (χ4n) is 1.72. The molecule has 0 aromatic carbocycles. The lowest BCUT2D eigenvalue weighted by atomic mass is 10.1. The molecule has 0 saturated carbocycles. The van der Waals surface area contributed by atoms with Crippen LogP contribution in [0.3, 0.4) is 0 Å². The number of halogens is 3. The molecule has 3 nitrogen and oxygen atoms in total. The number of hydrogen-bond acceptors (Lipinski definition) is 2. The molecule has 0 aromatic rings. The molecule has 0 radical (unpaired) electrons. The lowest BCUT2D eigenvalue weighted by molar-refractivity contribution is -0.135. The monoisotopic (exact) mass is 255 g/mol. The van der Waals surface area contributed by atoms with E-state index in [2.05, 4.69) is 0 Å². The Kier molecular flexibility index (Phi) is 5.98. The minimum absolute atomic E-state index is 0.108. The summed E-state index contributed by atoms with van der Waals surface area (Å²) >= 11 is 5.47. The van der Waals surface area contributed by atoms with Crippen LogP contribution in [0.15, 0.2) is 0 Å². The minimum atomic E-state index is -2.52. The van der Waals surface area contributed by atoms with Gasteiger partial charge in [0, 0.05) is 19.0 Å². The third-order valence-corrected chi connectivity index (χ3v) is 2.66. The molecule has 1 heterocycles. The molecule has 1 atom stereocenters. The second-order valence-corrected chi connectivity index (χ2v) is 4.14. The van der Waals surface area contributed by atoms with Crippen molar-refractivity contribution >= 4 is 17.5 Å². The molecule has 0 bridgehead atoms. The van der Waals surface area contributed by atoms with Crippen molar-refractivity contribution in [3.8, 4) is 0 Å². The highest BCUT2D eigenvalue weighted by molar-refractivity contribution is 6.18. The number of hydrogen-bond donors (Lipinski definition) is 0. The van der Waals surface area contributed by atoms with Gasteiger partial charge in [0.2, 0.25) is 5.91 Å². The molecule has 0 N–H and O–H groups in total. The Morgan fingerprint density at radius 1 is 1.56 bits per heavy atom. The van der Waals surface area contributed by atoms with Crippen molar-refractivity contribution < 1.29 is 18.3 Å². The Labute approximate surface area is 98.7 Å². The summed E-state index contributed by atoms with van der Waals surface area (Å²) in [4.78, 5) is 12.8. The van der Waals surface area contributed by atoms with Gasteiger partial charge in [-0.3, -0.25) is 4.79 Å². The summed E-state index contributed by atoms with van der Waals surface area (Å²) in [5.41, 5.74) is 0. The average Bonchev–Trinajstić information content (AvgIpc) is 2.69. The van der Waals surface area contributed by atoms with Crippen LogP contribution >= 0.6 is 11.6 Å².